The van der Waals surface area contributed by atoms with Gasteiger partial charge in [0.15, 0.2) is 5.78 Å². The molecule has 2 aromatic carbocycles. The normalized spacial score (nSPS) is 23.0. The van der Waals surface area contributed by atoms with E-state index in [-0.39, 0.29) is 17.6 Å². The van der Waals surface area contributed by atoms with Crippen molar-refractivity contribution in [3.63, 3.8) is 0 Å². The monoisotopic (exact) mass is 338 g/mol. The van der Waals surface area contributed by atoms with Crippen molar-refractivity contribution >= 4 is 23.0 Å². The van der Waals surface area contributed by atoms with Crippen molar-refractivity contribution in [1.82, 2.24) is 0 Å². The zero-order valence-corrected chi connectivity index (χ0v) is 14.3. The van der Waals surface area contributed by atoms with E-state index in [1.54, 1.807) is 0 Å². The molecule has 0 saturated heterocycles. The van der Waals surface area contributed by atoms with Crippen molar-refractivity contribution in [2.45, 2.75) is 26.2 Å². The summed E-state index contributed by atoms with van der Waals surface area (Å²) in [5.74, 6) is 0.675. The minimum Gasteiger partial charge on any atom is -0.511 e. The van der Waals surface area contributed by atoms with E-state index < -0.39 is 0 Å². The highest BCUT2D eigenvalue weighted by Crippen LogP contribution is 2.45. The van der Waals surface area contributed by atoms with Crippen LogP contribution in [0.15, 0.2) is 48.2 Å². The average molecular weight is 339 g/mol. The van der Waals surface area contributed by atoms with Crippen LogP contribution < -0.4 is 0 Å². The largest absolute Gasteiger partial charge is 0.511 e. The lowest BCUT2D eigenvalue weighted by atomic mass is 9.82. The highest BCUT2D eigenvalue weighted by atomic mass is 35.5. The maximum Gasteiger partial charge on any atom is 0.169 e. The lowest BCUT2D eigenvalue weighted by Gasteiger charge is -2.23. The Balaban J connectivity index is 1.76. The molecule has 2 nitrogen and oxygen atoms in total. The maximum absolute atomic E-state index is 12.7. The number of rotatable bonds is 2. The molecule has 2 atom stereocenters. The second-order valence-corrected chi connectivity index (χ2v) is 7.30. The fourth-order valence-electron chi connectivity index (χ4n) is 4.04. The van der Waals surface area contributed by atoms with E-state index in [0.29, 0.717) is 16.4 Å². The molecule has 0 heterocycles. The maximum atomic E-state index is 12.7. The third kappa shape index (κ3) is 2.46. The van der Waals surface area contributed by atoms with Gasteiger partial charge in [0.25, 0.3) is 0 Å². The number of carbonyl (C=O) groups is 1. The molecule has 2 aliphatic rings. The van der Waals surface area contributed by atoms with Crippen molar-refractivity contribution in [3.05, 3.63) is 64.4 Å². The molecule has 0 spiro atoms. The summed E-state index contributed by atoms with van der Waals surface area (Å²) in [7, 11) is 0. The molecule has 2 bridgehead atoms. The van der Waals surface area contributed by atoms with E-state index in [1.165, 1.54) is 0 Å². The number of aliphatic hydroxyl groups excluding tert-OH is 1. The first-order valence-electron chi connectivity index (χ1n) is 8.39. The van der Waals surface area contributed by atoms with Crippen LogP contribution in [0, 0.1) is 18.8 Å². The Bertz CT molecular complexity index is 849. The van der Waals surface area contributed by atoms with Crippen LogP contribution in [-0.4, -0.2) is 10.9 Å². The third-order valence-corrected chi connectivity index (χ3v) is 5.62. The van der Waals surface area contributed by atoms with Crippen molar-refractivity contribution in [2.24, 2.45) is 11.8 Å². The van der Waals surface area contributed by atoms with Gasteiger partial charge in [-0.25, -0.2) is 0 Å². The van der Waals surface area contributed by atoms with Crippen LogP contribution in [0.3, 0.4) is 0 Å². The molecule has 2 aliphatic carbocycles. The number of hydrogen-bond acceptors (Lipinski definition) is 2. The van der Waals surface area contributed by atoms with Crippen molar-refractivity contribution in [2.75, 3.05) is 0 Å². The fraction of sp³-hybridized carbons (Fsp3) is 0.286. The molecule has 2 aromatic rings. The summed E-state index contributed by atoms with van der Waals surface area (Å²) in [5, 5.41) is 11.3. The number of halogens is 1. The molecule has 0 aromatic heterocycles. The van der Waals surface area contributed by atoms with Gasteiger partial charge in [-0.05, 0) is 60.6 Å². The summed E-state index contributed by atoms with van der Waals surface area (Å²) in [6, 6.07) is 13.8. The van der Waals surface area contributed by atoms with Crippen LogP contribution in [0.1, 0.15) is 30.4 Å². The fourth-order valence-corrected chi connectivity index (χ4v) is 4.17. The molecule has 4 rings (SSSR count). The van der Waals surface area contributed by atoms with Crippen LogP contribution in [0.4, 0.5) is 0 Å². The van der Waals surface area contributed by atoms with Crippen molar-refractivity contribution in [3.8, 4) is 11.1 Å². The number of allylic oxidation sites excluding steroid dienone is 2. The minimum atomic E-state index is 0.0937. The molecule has 122 valence electrons. The van der Waals surface area contributed by atoms with Gasteiger partial charge in [0.05, 0.1) is 5.57 Å². The van der Waals surface area contributed by atoms with Crippen molar-refractivity contribution in [1.29, 1.82) is 0 Å². The number of ketones is 1. The highest BCUT2D eigenvalue weighted by Gasteiger charge is 2.41. The van der Waals surface area contributed by atoms with Gasteiger partial charge in [0, 0.05) is 16.9 Å². The Kier molecular flexibility index (Phi) is 3.73. The quantitative estimate of drug-likeness (QED) is 0.775. The SMILES string of the molecule is Cc1cc(-c2ccc(Cl)cc2)ccc1C1=C(O)[C@H]2CC[C@H](C2)C1=O. The molecule has 1 N–H and O–H groups in total. The molecule has 1 fully saturated rings. The Labute approximate surface area is 146 Å². The number of benzene rings is 2. The third-order valence-electron chi connectivity index (χ3n) is 5.37. The Hall–Kier alpha value is -2.06. The number of aliphatic hydroxyl groups is 1. The zero-order chi connectivity index (χ0) is 16.8. The molecular formula is C21H19ClO2. The molecule has 0 radical (unpaired) electrons. The van der Waals surface area contributed by atoms with E-state index in [4.69, 9.17) is 11.6 Å². The van der Waals surface area contributed by atoms with Gasteiger partial charge in [-0.2, -0.15) is 0 Å². The van der Waals surface area contributed by atoms with E-state index in [2.05, 4.69) is 6.07 Å². The van der Waals surface area contributed by atoms with Gasteiger partial charge < -0.3 is 5.11 Å². The Morgan fingerprint density at radius 1 is 1.00 bits per heavy atom. The molecule has 0 unspecified atom stereocenters. The molecule has 3 heteroatoms. The predicted octanol–water partition coefficient (Wildman–Crippen LogP) is 5.58. The topological polar surface area (TPSA) is 37.3 Å². The lowest BCUT2D eigenvalue weighted by molar-refractivity contribution is -0.117. The number of aryl methyl sites for hydroxylation is 1. The average Bonchev–Trinajstić information content (AvgIpc) is 3.02. The smallest absolute Gasteiger partial charge is 0.169 e. The number of hydrogen-bond donors (Lipinski definition) is 1. The van der Waals surface area contributed by atoms with Gasteiger partial charge in [0.2, 0.25) is 0 Å². The van der Waals surface area contributed by atoms with E-state index >= 15 is 0 Å². The van der Waals surface area contributed by atoms with Crippen LogP contribution >= 0.6 is 11.6 Å². The summed E-state index contributed by atoms with van der Waals surface area (Å²) >= 11 is 5.95. The van der Waals surface area contributed by atoms with Crippen LogP contribution in [0.5, 0.6) is 0 Å². The summed E-state index contributed by atoms with van der Waals surface area (Å²) in [4.78, 5) is 12.7. The van der Waals surface area contributed by atoms with Gasteiger partial charge >= 0.3 is 0 Å². The van der Waals surface area contributed by atoms with E-state index in [9.17, 15) is 9.90 Å². The second kappa shape index (κ2) is 5.78. The van der Waals surface area contributed by atoms with Gasteiger partial charge in [-0.3, -0.25) is 4.79 Å². The molecule has 0 amide bonds. The molecule has 24 heavy (non-hydrogen) atoms. The van der Waals surface area contributed by atoms with Gasteiger partial charge in [-0.15, -0.1) is 0 Å². The van der Waals surface area contributed by atoms with Crippen molar-refractivity contribution < 1.29 is 9.90 Å². The van der Waals surface area contributed by atoms with Crippen LogP contribution in [0.25, 0.3) is 16.7 Å². The van der Waals surface area contributed by atoms with Gasteiger partial charge in [-0.1, -0.05) is 41.9 Å². The van der Waals surface area contributed by atoms with Gasteiger partial charge in [0.1, 0.15) is 5.76 Å². The van der Waals surface area contributed by atoms with E-state index in [0.717, 1.165) is 41.5 Å². The lowest BCUT2D eigenvalue weighted by Crippen LogP contribution is -2.21. The summed E-state index contributed by atoms with van der Waals surface area (Å²) in [6.45, 7) is 2.00. The molecule has 1 saturated carbocycles. The zero-order valence-electron chi connectivity index (χ0n) is 13.6. The van der Waals surface area contributed by atoms with E-state index in [1.807, 2.05) is 43.3 Å². The number of fused-ring (bicyclic) bond motifs is 2. The molecular weight excluding hydrogens is 320 g/mol. The van der Waals surface area contributed by atoms with Crippen LogP contribution in [-0.2, 0) is 4.79 Å². The molecule has 0 aliphatic heterocycles. The Morgan fingerprint density at radius 3 is 2.38 bits per heavy atom. The first kappa shape index (κ1) is 15.5. The number of carbonyl (C=O) groups excluding carboxylic acids is 1. The highest BCUT2D eigenvalue weighted by molar-refractivity contribution is 6.30. The summed E-state index contributed by atoms with van der Waals surface area (Å²) < 4.78 is 0. The standard InChI is InChI=1S/C21H19ClO2/c1-12-10-14(13-4-7-17(22)8-5-13)6-9-18(12)19-20(23)15-2-3-16(11-15)21(19)24/h4-10,15-16,23H,2-3,11H2,1H3/t15-,16+/m0/s1. The second-order valence-electron chi connectivity index (χ2n) is 6.87. The minimum absolute atomic E-state index is 0.0937. The predicted molar refractivity (Wildman–Crippen MR) is 97.0 cm³/mol. The number of Topliss-reactive ketones (excluding diaryl/α,β-unsaturated/α-hetero) is 1. The first-order chi connectivity index (χ1) is 11.5. The van der Waals surface area contributed by atoms with Crippen LogP contribution in [0.2, 0.25) is 5.02 Å². The first-order valence-corrected chi connectivity index (χ1v) is 8.76. The summed E-state index contributed by atoms with van der Waals surface area (Å²) in [5.41, 5.74) is 4.60. The summed E-state index contributed by atoms with van der Waals surface area (Å²) in [6.07, 6.45) is 2.64. The Morgan fingerprint density at radius 2 is 1.67 bits per heavy atom.